The number of aliphatic carboxylic acids is 1. The van der Waals surface area contributed by atoms with Crippen molar-refractivity contribution in [2.45, 2.75) is 30.3 Å². The summed E-state index contributed by atoms with van der Waals surface area (Å²) in [5.41, 5.74) is -0.0961. The Labute approximate surface area is 122 Å². The Kier molecular flexibility index (Phi) is 3.55. The van der Waals surface area contributed by atoms with E-state index in [9.17, 15) is 14.7 Å². The average molecular weight is 290 g/mol. The minimum Gasteiger partial charge on any atom is -0.479 e. The van der Waals surface area contributed by atoms with E-state index >= 15 is 0 Å². The van der Waals surface area contributed by atoms with Gasteiger partial charge in [-0.3, -0.25) is 0 Å². The van der Waals surface area contributed by atoms with E-state index in [1.807, 2.05) is 30.3 Å². The van der Waals surface area contributed by atoms with Gasteiger partial charge in [-0.05, 0) is 12.0 Å². The van der Waals surface area contributed by atoms with Crippen LogP contribution < -0.4 is 10.6 Å². The van der Waals surface area contributed by atoms with E-state index in [0.717, 1.165) is 6.42 Å². The molecule has 0 spiro atoms. The zero-order chi connectivity index (χ0) is 14.9. The second-order valence-corrected chi connectivity index (χ2v) is 5.65. The highest BCUT2D eigenvalue weighted by Crippen LogP contribution is 2.40. The summed E-state index contributed by atoms with van der Waals surface area (Å²) in [5, 5.41) is 14.7. The highest BCUT2D eigenvalue weighted by atomic mass is 16.5. The summed E-state index contributed by atoms with van der Waals surface area (Å²) in [5.74, 6) is -0.733. The number of nitrogens with one attached hydrogen (secondary N) is 2. The predicted octanol–water partition coefficient (Wildman–Crippen LogP) is 1.09. The lowest BCUT2D eigenvalue weighted by Crippen LogP contribution is -2.58. The van der Waals surface area contributed by atoms with Crippen molar-refractivity contribution in [3.8, 4) is 0 Å². The first-order chi connectivity index (χ1) is 10.1. The van der Waals surface area contributed by atoms with Crippen LogP contribution in [0.5, 0.6) is 0 Å². The Morgan fingerprint density at radius 1 is 1.29 bits per heavy atom. The average Bonchev–Trinajstić information content (AvgIpc) is 3.06. The van der Waals surface area contributed by atoms with Crippen LogP contribution in [0.15, 0.2) is 30.3 Å². The molecular formula is C15H18N2O4. The number of hydrogen-bond donors (Lipinski definition) is 3. The Morgan fingerprint density at radius 3 is 2.67 bits per heavy atom. The van der Waals surface area contributed by atoms with Crippen LogP contribution in [0, 0.1) is 0 Å². The van der Waals surface area contributed by atoms with E-state index in [0.29, 0.717) is 18.9 Å². The molecule has 3 rings (SSSR count). The Balaban J connectivity index is 1.55. The van der Waals surface area contributed by atoms with Gasteiger partial charge in [-0.25, -0.2) is 9.59 Å². The van der Waals surface area contributed by atoms with Crippen LogP contribution in [0.1, 0.15) is 24.3 Å². The predicted molar refractivity (Wildman–Crippen MR) is 75.1 cm³/mol. The normalized spacial score (nSPS) is 30.7. The highest BCUT2D eigenvalue weighted by Gasteiger charge is 2.46. The lowest BCUT2D eigenvalue weighted by molar-refractivity contribution is -0.144. The Hall–Kier alpha value is -2.08. The summed E-state index contributed by atoms with van der Waals surface area (Å²) in [7, 11) is 0. The second kappa shape index (κ2) is 5.37. The van der Waals surface area contributed by atoms with Gasteiger partial charge in [0.2, 0.25) is 0 Å². The number of hydrogen-bond acceptors (Lipinski definition) is 3. The third-order valence-electron chi connectivity index (χ3n) is 4.12. The van der Waals surface area contributed by atoms with Crippen LogP contribution >= 0.6 is 0 Å². The smallest absolute Gasteiger partial charge is 0.332 e. The monoisotopic (exact) mass is 290 g/mol. The van der Waals surface area contributed by atoms with Crippen molar-refractivity contribution >= 4 is 12.0 Å². The lowest BCUT2D eigenvalue weighted by Gasteiger charge is -2.23. The SMILES string of the molecule is O=C(NC1CC1c1ccccc1)NC1(C(=O)O)CCOC1. The number of amides is 2. The summed E-state index contributed by atoms with van der Waals surface area (Å²) >= 11 is 0. The van der Waals surface area contributed by atoms with Crippen molar-refractivity contribution < 1.29 is 19.4 Å². The maximum absolute atomic E-state index is 12.0. The van der Waals surface area contributed by atoms with Crippen LogP contribution in [0.25, 0.3) is 0 Å². The fraction of sp³-hybridized carbons (Fsp3) is 0.467. The molecule has 2 amide bonds. The highest BCUT2D eigenvalue weighted by molar-refractivity contribution is 5.87. The third kappa shape index (κ3) is 2.85. The number of urea groups is 1. The zero-order valence-corrected chi connectivity index (χ0v) is 11.5. The van der Waals surface area contributed by atoms with Crippen LogP contribution in [0.4, 0.5) is 4.79 Å². The van der Waals surface area contributed by atoms with Crippen molar-refractivity contribution in [1.29, 1.82) is 0 Å². The molecule has 2 fully saturated rings. The molecule has 3 unspecified atom stereocenters. The van der Waals surface area contributed by atoms with E-state index < -0.39 is 17.5 Å². The number of carboxylic acid groups (broad SMARTS) is 1. The van der Waals surface area contributed by atoms with E-state index in [1.54, 1.807) is 0 Å². The number of carbonyl (C=O) groups is 2. The van der Waals surface area contributed by atoms with Gasteiger partial charge in [-0.2, -0.15) is 0 Å². The molecule has 1 aliphatic heterocycles. The summed E-state index contributed by atoms with van der Waals surface area (Å²) < 4.78 is 5.11. The standard InChI is InChI=1S/C15H18N2O4/c18-13(19)15(6-7-21-9-15)17-14(20)16-12-8-11(12)10-4-2-1-3-5-10/h1-5,11-12H,6-9H2,(H,18,19)(H2,16,17,20). The molecule has 0 bridgehead atoms. The summed E-state index contributed by atoms with van der Waals surface area (Å²) in [6.07, 6.45) is 1.18. The molecule has 3 N–H and O–H groups in total. The van der Waals surface area contributed by atoms with Crippen molar-refractivity contribution in [1.82, 2.24) is 10.6 Å². The van der Waals surface area contributed by atoms with E-state index in [-0.39, 0.29) is 12.6 Å². The Bertz CT molecular complexity index is 540. The molecule has 1 saturated heterocycles. The molecule has 1 aliphatic carbocycles. The number of carbonyl (C=O) groups excluding carboxylic acids is 1. The number of rotatable bonds is 4. The lowest BCUT2D eigenvalue weighted by atomic mass is 9.99. The largest absolute Gasteiger partial charge is 0.479 e. The molecule has 1 aromatic carbocycles. The topological polar surface area (TPSA) is 87.7 Å². The van der Waals surface area contributed by atoms with Gasteiger partial charge in [0.25, 0.3) is 0 Å². The van der Waals surface area contributed by atoms with Crippen molar-refractivity contribution in [2.75, 3.05) is 13.2 Å². The molecule has 21 heavy (non-hydrogen) atoms. The zero-order valence-electron chi connectivity index (χ0n) is 11.5. The second-order valence-electron chi connectivity index (χ2n) is 5.65. The van der Waals surface area contributed by atoms with Crippen LogP contribution in [0.3, 0.4) is 0 Å². The van der Waals surface area contributed by atoms with Gasteiger partial charge < -0.3 is 20.5 Å². The minimum atomic E-state index is -1.29. The molecule has 2 aliphatic rings. The van der Waals surface area contributed by atoms with E-state index in [4.69, 9.17) is 4.74 Å². The van der Waals surface area contributed by atoms with Gasteiger partial charge in [0.1, 0.15) is 0 Å². The Morgan fingerprint density at radius 2 is 2.05 bits per heavy atom. The fourth-order valence-electron chi connectivity index (χ4n) is 2.73. The van der Waals surface area contributed by atoms with Gasteiger partial charge in [0.15, 0.2) is 5.54 Å². The van der Waals surface area contributed by atoms with Gasteiger partial charge in [-0.15, -0.1) is 0 Å². The molecule has 6 heteroatoms. The molecule has 112 valence electrons. The number of ether oxygens (including phenoxy) is 1. The van der Waals surface area contributed by atoms with Gasteiger partial charge >= 0.3 is 12.0 Å². The quantitative estimate of drug-likeness (QED) is 0.774. The molecule has 1 saturated carbocycles. The molecule has 3 atom stereocenters. The van der Waals surface area contributed by atoms with Crippen molar-refractivity contribution in [2.24, 2.45) is 0 Å². The molecular weight excluding hydrogens is 272 g/mol. The van der Waals surface area contributed by atoms with Crippen molar-refractivity contribution in [3.05, 3.63) is 35.9 Å². The molecule has 1 heterocycles. The van der Waals surface area contributed by atoms with Crippen LogP contribution in [-0.4, -0.2) is 41.9 Å². The van der Waals surface area contributed by atoms with Crippen LogP contribution in [0.2, 0.25) is 0 Å². The molecule has 6 nitrogen and oxygen atoms in total. The minimum absolute atomic E-state index is 0.0164. The van der Waals surface area contributed by atoms with E-state index in [1.165, 1.54) is 5.56 Å². The first-order valence-electron chi connectivity index (χ1n) is 7.05. The summed E-state index contributed by atoms with van der Waals surface area (Å²) in [6, 6.07) is 9.60. The maximum atomic E-state index is 12.0. The van der Waals surface area contributed by atoms with Gasteiger partial charge in [-0.1, -0.05) is 30.3 Å². The van der Waals surface area contributed by atoms with E-state index in [2.05, 4.69) is 10.6 Å². The summed E-state index contributed by atoms with van der Waals surface area (Å²) in [4.78, 5) is 23.3. The molecule has 0 radical (unpaired) electrons. The summed E-state index contributed by atoms with van der Waals surface area (Å²) in [6.45, 7) is 0.366. The maximum Gasteiger partial charge on any atom is 0.332 e. The third-order valence-corrected chi connectivity index (χ3v) is 4.12. The van der Waals surface area contributed by atoms with Crippen molar-refractivity contribution in [3.63, 3.8) is 0 Å². The molecule has 0 aromatic heterocycles. The number of benzene rings is 1. The fourth-order valence-corrected chi connectivity index (χ4v) is 2.73. The number of carboxylic acids is 1. The van der Waals surface area contributed by atoms with Gasteiger partial charge in [0, 0.05) is 25.0 Å². The first kappa shape index (κ1) is 13.9. The van der Waals surface area contributed by atoms with Crippen LogP contribution in [-0.2, 0) is 9.53 Å². The molecule has 1 aromatic rings. The van der Waals surface area contributed by atoms with Gasteiger partial charge in [0.05, 0.1) is 6.61 Å². The first-order valence-corrected chi connectivity index (χ1v) is 7.05.